The highest BCUT2D eigenvalue weighted by molar-refractivity contribution is 5.76. The van der Waals surface area contributed by atoms with Crippen LogP contribution in [0.2, 0.25) is 0 Å². The van der Waals surface area contributed by atoms with E-state index < -0.39 is 0 Å². The van der Waals surface area contributed by atoms with Crippen LogP contribution in [0.15, 0.2) is 54.7 Å². The number of nitrogens with one attached hydrogen (secondary N) is 2. The Bertz CT molecular complexity index is 528. The van der Waals surface area contributed by atoms with Crippen LogP contribution in [0.3, 0.4) is 0 Å². The van der Waals surface area contributed by atoms with Gasteiger partial charge in [0.05, 0.1) is 5.69 Å². The van der Waals surface area contributed by atoms with Crippen LogP contribution in [-0.4, -0.2) is 24.0 Å². The van der Waals surface area contributed by atoms with Gasteiger partial charge in [0, 0.05) is 32.3 Å². The normalized spacial score (nSPS) is 10.3. The van der Waals surface area contributed by atoms with Gasteiger partial charge in [-0.25, -0.2) is 0 Å². The van der Waals surface area contributed by atoms with Crippen LogP contribution < -0.4 is 10.6 Å². The second-order valence-corrected chi connectivity index (χ2v) is 4.83. The summed E-state index contributed by atoms with van der Waals surface area (Å²) in [4.78, 5) is 15.9. The number of aromatic nitrogens is 1. The maximum Gasteiger partial charge on any atom is 0.221 e. The molecule has 0 saturated heterocycles. The number of hydrogen-bond acceptors (Lipinski definition) is 3. The third-order valence-electron chi connectivity index (χ3n) is 3.14. The lowest BCUT2D eigenvalue weighted by atomic mass is 10.1. The van der Waals surface area contributed by atoms with Crippen molar-refractivity contribution < 1.29 is 4.79 Å². The topological polar surface area (TPSA) is 54.0 Å². The zero-order chi connectivity index (χ0) is 14.8. The quantitative estimate of drug-likeness (QED) is 0.728. The molecule has 0 unspecified atom stereocenters. The highest BCUT2D eigenvalue weighted by atomic mass is 16.1. The maximum atomic E-state index is 11.7. The number of pyridine rings is 1. The van der Waals surface area contributed by atoms with Gasteiger partial charge >= 0.3 is 0 Å². The molecule has 1 heterocycles. The Morgan fingerprint density at radius 1 is 1.00 bits per heavy atom. The molecule has 0 radical (unpaired) electrons. The van der Waals surface area contributed by atoms with E-state index >= 15 is 0 Å². The van der Waals surface area contributed by atoms with Crippen molar-refractivity contribution in [1.82, 2.24) is 15.6 Å². The lowest BCUT2D eigenvalue weighted by Crippen LogP contribution is -2.29. The first-order chi connectivity index (χ1) is 10.3. The molecule has 21 heavy (non-hydrogen) atoms. The molecule has 4 nitrogen and oxygen atoms in total. The molecule has 1 amide bonds. The number of carbonyl (C=O) groups is 1. The van der Waals surface area contributed by atoms with E-state index in [1.165, 1.54) is 5.56 Å². The largest absolute Gasteiger partial charge is 0.356 e. The first-order valence-electron chi connectivity index (χ1n) is 7.26. The summed E-state index contributed by atoms with van der Waals surface area (Å²) < 4.78 is 0. The Hall–Kier alpha value is -2.20. The molecule has 0 fully saturated rings. The van der Waals surface area contributed by atoms with Gasteiger partial charge in [0.15, 0.2) is 0 Å². The fraction of sp³-hybridized carbons (Fsp3) is 0.294. The minimum absolute atomic E-state index is 0.0828. The molecule has 0 aliphatic heterocycles. The van der Waals surface area contributed by atoms with Gasteiger partial charge in [0.2, 0.25) is 5.91 Å². The predicted octanol–water partition coefficient (Wildman–Crippen LogP) is 1.92. The molecular formula is C17H21N3O. The lowest BCUT2D eigenvalue weighted by Gasteiger charge is -2.06. The minimum Gasteiger partial charge on any atom is -0.356 e. The van der Waals surface area contributed by atoms with Crippen molar-refractivity contribution in [2.75, 3.05) is 13.1 Å². The molecule has 1 aromatic carbocycles. The number of benzene rings is 1. The van der Waals surface area contributed by atoms with E-state index in [4.69, 9.17) is 0 Å². The summed E-state index contributed by atoms with van der Waals surface area (Å²) in [5.74, 6) is 0.0828. The first-order valence-corrected chi connectivity index (χ1v) is 7.26. The van der Waals surface area contributed by atoms with Crippen molar-refractivity contribution >= 4 is 5.91 Å². The van der Waals surface area contributed by atoms with Gasteiger partial charge in [-0.2, -0.15) is 0 Å². The Kier molecular flexibility index (Phi) is 6.42. The summed E-state index contributed by atoms with van der Waals surface area (Å²) in [6.07, 6.45) is 3.13. The van der Waals surface area contributed by atoms with E-state index in [1.807, 2.05) is 36.4 Å². The van der Waals surface area contributed by atoms with E-state index in [9.17, 15) is 4.79 Å². The zero-order valence-electron chi connectivity index (χ0n) is 12.1. The molecule has 2 rings (SSSR count). The fourth-order valence-electron chi connectivity index (χ4n) is 2.00. The van der Waals surface area contributed by atoms with Gasteiger partial charge in [0.1, 0.15) is 0 Å². The average Bonchev–Trinajstić information content (AvgIpc) is 2.54. The van der Waals surface area contributed by atoms with Crippen LogP contribution in [0.25, 0.3) is 0 Å². The Morgan fingerprint density at radius 3 is 2.57 bits per heavy atom. The van der Waals surface area contributed by atoms with Crippen LogP contribution in [0.5, 0.6) is 0 Å². The molecule has 1 aromatic heterocycles. The molecule has 0 bridgehead atoms. The molecular weight excluding hydrogens is 262 g/mol. The Balaban J connectivity index is 1.54. The van der Waals surface area contributed by atoms with Crippen LogP contribution in [0.1, 0.15) is 17.7 Å². The van der Waals surface area contributed by atoms with Crippen LogP contribution in [0.4, 0.5) is 0 Å². The summed E-state index contributed by atoms with van der Waals surface area (Å²) in [6, 6.07) is 16.0. The molecule has 110 valence electrons. The molecule has 4 heteroatoms. The first kappa shape index (κ1) is 15.2. The number of amides is 1. The summed E-state index contributed by atoms with van der Waals surface area (Å²) >= 11 is 0. The van der Waals surface area contributed by atoms with Gasteiger partial charge in [-0.3, -0.25) is 9.78 Å². The maximum absolute atomic E-state index is 11.7. The number of carbonyl (C=O) groups excluding carboxylic acids is 1. The molecule has 0 aliphatic carbocycles. The van der Waals surface area contributed by atoms with E-state index in [0.29, 0.717) is 26.1 Å². The number of hydrogen-bond donors (Lipinski definition) is 2. The molecule has 0 atom stereocenters. The smallest absolute Gasteiger partial charge is 0.221 e. The van der Waals surface area contributed by atoms with Crippen LogP contribution >= 0.6 is 0 Å². The predicted molar refractivity (Wildman–Crippen MR) is 83.7 cm³/mol. The van der Waals surface area contributed by atoms with Crippen molar-refractivity contribution in [2.45, 2.75) is 19.4 Å². The summed E-state index contributed by atoms with van der Waals surface area (Å²) in [7, 11) is 0. The number of rotatable bonds is 8. The van der Waals surface area contributed by atoms with Crippen molar-refractivity contribution in [3.8, 4) is 0 Å². The van der Waals surface area contributed by atoms with Gasteiger partial charge in [-0.1, -0.05) is 36.4 Å². The van der Waals surface area contributed by atoms with E-state index in [-0.39, 0.29) is 5.91 Å². The zero-order valence-corrected chi connectivity index (χ0v) is 12.1. The van der Waals surface area contributed by atoms with Crippen LogP contribution in [0, 0.1) is 0 Å². The molecule has 0 spiro atoms. The molecule has 0 aliphatic rings. The monoisotopic (exact) mass is 283 g/mol. The van der Waals surface area contributed by atoms with Gasteiger partial charge in [0.25, 0.3) is 0 Å². The summed E-state index contributed by atoms with van der Waals surface area (Å²) in [5.41, 5.74) is 2.23. The SMILES string of the molecule is O=C(CCNCc1ccccn1)NCCc1ccccc1. The molecule has 0 saturated carbocycles. The van der Waals surface area contributed by atoms with Crippen molar-refractivity contribution in [1.29, 1.82) is 0 Å². The fourth-order valence-corrected chi connectivity index (χ4v) is 2.00. The van der Waals surface area contributed by atoms with Crippen molar-refractivity contribution in [2.24, 2.45) is 0 Å². The van der Waals surface area contributed by atoms with Gasteiger partial charge < -0.3 is 10.6 Å². The number of nitrogens with zero attached hydrogens (tertiary/aromatic N) is 1. The minimum atomic E-state index is 0.0828. The molecule has 2 aromatic rings. The van der Waals surface area contributed by atoms with Crippen molar-refractivity contribution in [3.05, 3.63) is 66.0 Å². The van der Waals surface area contributed by atoms with E-state index in [1.54, 1.807) is 6.20 Å². The average molecular weight is 283 g/mol. The lowest BCUT2D eigenvalue weighted by molar-refractivity contribution is -0.120. The Labute approximate surface area is 125 Å². The molecule has 2 N–H and O–H groups in total. The third kappa shape index (κ3) is 6.19. The van der Waals surface area contributed by atoms with Crippen molar-refractivity contribution in [3.63, 3.8) is 0 Å². The third-order valence-corrected chi connectivity index (χ3v) is 3.14. The van der Waals surface area contributed by atoms with Gasteiger partial charge in [-0.15, -0.1) is 0 Å². The van der Waals surface area contributed by atoms with Gasteiger partial charge in [-0.05, 0) is 24.1 Å². The second kappa shape index (κ2) is 8.87. The summed E-state index contributed by atoms with van der Waals surface area (Å²) in [6.45, 7) is 2.04. The van der Waals surface area contributed by atoms with E-state index in [0.717, 1.165) is 12.1 Å². The highest BCUT2D eigenvalue weighted by Gasteiger charge is 2.00. The Morgan fingerprint density at radius 2 is 1.81 bits per heavy atom. The second-order valence-electron chi connectivity index (χ2n) is 4.83. The van der Waals surface area contributed by atoms with E-state index in [2.05, 4.69) is 27.8 Å². The standard InChI is InChI=1S/C17H21N3O/c21-17(20-13-9-15-6-2-1-3-7-15)10-12-18-14-16-8-4-5-11-19-16/h1-8,11,18H,9-10,12-14H2,(H,20,21). The highest BCUT2D eigenvalue weighted by Crippen LogP contribution is 1.98. The summed E-state index contributed by atoms with van der Waals surface area (Å²) in [5, 5.41) is 6.15. The van der Waals surface area contributed by atoms with Crippen LogP contribution in [-0.2, 0) is 17.8 Å².